The molecule has 2 amide bonds. The van der Waals surface area contributed by atoms with Gasteiger partial charge in [-0.25, -0.2) is 18.9 Å². The van der Waals surface area contributed by atoms with Gasteiger partial charge in [-0.2, -0.15) is 5.10 Å². The summed E-state index contributed by atoms with van der Waals surface area (Å²) in [6, 6.07) is 6.04. The molecule has 1 aromatic carbocycles. The van der Waals surface area contributed by atoms with E-state index in [0.717, 1.165) is 13.1 Å². The Hall–Kier alpha value is -3.27. The second-order valence-electron chi connectivity index (χ2n) is 8.52. The number of amides is 2. The number of anilines is 1. The number of carbonyl (C=O) groups excluding carboxylic acids is 1. The lowest BCUT2D eigenvalue weighted by molar-refractivity contribution is 0.0696. The van der Waals surface area contributed by atoms with Crippen molar-refractivity contribution in [2.45, 2.75) is 31.8 Å². The monoisotopic (exact) mass is 425 g/mol. The summed E-state index contributed by atoms with van der Waals surface area (Å²) < 4.78 is 14.9. The second-order valence-corrected chi connectivity index (χ2v) is 8.52. The maximum Gasteiger partial charge on any atom is 0.321 e. The molecule has 2 saturated heterocycles. The number of fused-ring (bicyclic) bond motifs is 1. The molecule has 0 atom stereocenters. The fourth-order valence-electron chi connectivity index (χ4n) is 4.03. The van der Waals surface area contributed by atoms with E-state index < -0.39 is 0 Å². The van der Waals surface area contributed by atoms with Crippen LogP contribution in [0.2, 0.25) is 0 Å². The van der Waals surface area contributed by atoms with Gasteiger partial charge in [-0.3, -0.25) is 9.69 Å². The van der Waals surface area contributed by atoms with E-state index in [0.29, 0.717) is 41.7 Å². The number of aromatic amines is 1. The third-order valence-corrected chi connectivity index (χ3v) is 6.10. The summed E-state index contributed by atoms with van der Waals surface area (Å²) in [5.74, 6) is 0.170. The van der Waals surface area contributed by atoms with Crippen molar-refractivity contribution in [3.05, 3.63) is 52.5 Å². The summed E-state index contributed by atoms with van der Waals surface area (Å²) in [5, 5.41) is 7.64. The molecule has 9 nitrogen and oxygen atoms in total. The normalized spacial score (nSPS) is 17.7. The number of carbonyl (C=O) groups is 1. The number of H-pyrrole nitrogens is 1. The van der Waals surface area contributed by atoms with E-state index >= 15 is 0 Å². The molecule has 0 saturated carbocycles. The summed E-state index contributed by atoms with van der Waals surface area (Å²) in [6.45, 7) is 6.98. The van der Waals surface area contributed by atoms with Crippen LogP contribution in [-0.4, -0.2) is 67.8 Å². The largest absolute Gasteiger partial charge is 0.323 e. The van der Waals surface area contributed by atoms with E-state index in [2.05, 4.69) is 34.1 Å². The fourth-order valence-corrected chi connectivity index (χ4v) is 4.03. The van der Waals surface area contributed by atoms with Crippen LogP contribution in [0.3, 0.4) is 0 Å². The Morgan fingerprint density at radius 2 is 1.90 bits per heavy atom. The number of halogens is 1. The number of hydrogen-bond acceptors (Lipinski definition) is 5. The highest BCUT2D eigenvalue weighted by Crippen LogP contribution is 2.28. The van der Waals surface area contributed by atoms with Gasteiger partial charge in [0.2, 0.25) is 0 Å². The Balaban J connectivity index is 1.28. The minimum Gasteiger partial charge on any atom is -0.323 e. The van der Waals surface area contributed by atoms with E-state index in [1.165, 1.54) is 24.3 Å². The summed E-state index contributed by atoms with van der Waals surface area (Å²) in [7, 11) is 0. The van der Waals surface area contributed by atoms with Crippen molar-refractivity contribution in [2.75, 3.05) is 31.5 Å². The van der Waals surface area contributed by atoms with Crippen molar-refractivity contribution < 1.29 is 9.18 Å². The smallest absolute Gasteiger partial charge is 0.321 e. The van der Waals surface area contributed by atoms with Crippen LogP contribution in [0, 0.1) is 5.82 Å². The molecule has 2 N–H and O–H groups in total. The first kappa shape index (κ1) is 19.7. The fraction of sp³-hybridized carbons (Fsp3) is 0.429. The third-order valence-electron chi connectivity index (χ3n) is 6.10. The zero-order valence-corrected chi connectivity index (χ0v) is 17.4. The van der Waals surface area contributed by atoms with Crippen LogP contribution in [0.25, 0.3) is 11.0 Å². The molecular weight excluding hydrogens is 401 g/mol. The van der Waals surface area contributed by atoms with Crippen LogP contribution in [0.5, 0.6) is 0 Å². The number of benzene rings is 1. The summed E-state index contributed by atoms with van der Waals surface area (Å²) in [6.07, 6.45) is 1.58. The Kier molecular flexibility index (Phi) is 4.73. The average molecular weight is 425 g/mol. The first-order chi connectivity index (χ1) is 14.9. The van der Waals surface area contributed by atoms with Crippen LogP contribution in [0.15, 0.2) is 35.3 Å². The van der Waals surface area contributed by atoms with Crippen LogP contribution < -0.4 is 10.9 Å². The highest BCUT2D eigenvalue weighted by Gasteiger charge is 2.35. The molecular formula is C21H24FN7O2. The molecule has 2 aliphatic rings. The van der Waals surface area contributed by atoms with Gasteiger partial charge < -0.3 is 15.2 Å². The molecule has 31 heavy (non-hydrogen) atoms. The Morgan fingerprint density at radius 1 is 1.19 bits per heavy atom. The second kappa shape index (κ2) is 7.45. The first-order valence-electron chi connectivity index (χ1n) is 10.4. The number of rotatable bonds is 4. The van der Waals surface area contributed by atoms with Crippen LogP contribution >= 0.6 is 0 Å². The molecule has 3 aromatic rings. The maximum absolute atomic E-state index is 13.0. The molecule has 2 fully saturated rings. The molecule has 10 heteroatoms. The summed E-state index contributed by atoms with van der Waals surface area (Å²) in [4.78, 5) is 36.5. The quantitative estimate of drug-likeness (QED) is 0.667. The molecule has 4 heterocycles. The molecule has 5 rings (SSSR count). The Morgan fingerprint density at radius 3 is 2.58 bits per heavy atom. The van der Waals surface area contributed by atoms with Gasteiger partial charge in [0.15, 0.2) is 5.65 Å². The molecule has 0 bridgehead atoms. The van der Waals surface area contributed by atoms with Crippen molar-refractivity contribution in [1.82, 2.24) is 29.5 Å². The zero-order chi connectivity index (χ0) is 21.7. The number of nitrogens with zero attached hydrogens (tertiary/aromatic N) is 5. The van der Waals surface area contributed by atoms with Crippen LogP contribution in [-0.2, 0) is 0 Å². The number of aromatic nitrogens is 4. The van der Waals surface area contributed by atoms with Crippen LogP contribution in [0.1, 0.15) is 31.6 Å². The summed E-state index contributed by atoms with van der Waals surface area (Å²) >= 11 is 0. The van der Waals surface area contributed by atoms with E-state index in [-0.39, 0.29) is 29.4 Å². The molecule has 0 radical (unpaired) electrons. The van der Waals surface area contributed by atoms with E-state index in [1.807, 2.05) is 4.68 Å². The van der Waals surface area contributed by atoms with E-state index in [4.69, 9.17) is 4.98 Å². The Labute approximate surface area is 177 Å². The zero-order valence-electron chi connectivity index (χ0n) is 17.4. The average Bonchev–Trinajstić information content (AvgIpc) is 3.05. The molecule has 162 valence electrons. The molecule has 0 aliphatic carbocycles. The van der Waals surface area contributed by atoms with Crippen molar-refractivity contribution in [1.29, 1.82) is 0 Å². The number of nitrogens with one attached hydrogen (secondary N) is 2. The third kappa shape index (κ3) is 3.56. The molecule has 0 spiro atoms. The van der Waals surface area contributed by atoms with Gasteiger partial charge in [-0.15, -0.1) is 0 Å². The Bertz CT molecular complexity index is 1170. The van der Waals surface area contributed by atoms with E-state index in [9.17, 15) is 14.0 Å². The first-order valence-corrected chi connectivity index (χ1v) is 10.4. The van der Waals surface area contributed by atoms with Crippen molar-refractivity contribution in [3.63, 3.8) is 0 Å². The lowest BCUT2D eigenvalue weighted by Crippen LogP contribution is -2.51. The SMILES string of the molecule is CC(C)N1CC(n2ncc3c(=O)[nH]c(C4CN(C(=O)Nc5ccc(F)cc5)C4)nc32)C1. The number of urea groups is 1. The molecule has 2 aliphatic heterocycles. The summed E-state index contributed by atoms with van der Waals surface area (Å²) in [5.41, 5.74) is 0.921. The topological polar surface area (TPSA) is 99.2 Å². The molecule has 2 aromatic heterocycles. The minimum atomic E-state index is -0.356. The van der Waals surface area contributed by atoms with Gasteiger partial charge in [0.1, 0.15) is 17.0 Å². The lowest BCUT2D eigenvalue weighted by atomic mass is 9.99. The van der Waals surface area contributed by atoms with Gasteiger partial charge in [0.05, 0.1) is 18.2 Å². The number of hydrogen-bond donors (Lipinski definition) is 2. The highest BCUT2D eigenvalue weighted by molar-refractivity contribution is 5.90. The van der Waals surface area contributed by atoms with Gasteiger partial charge in [0, 0.05) is 37.9 Å². The van der Waals surface area contributed by atoms with Gasteiger partial charge in [-0.1, -0.05) is 0 Å². The van der Waals surface area contributed by atoms with Gasteiger partial charge in [-0.05, 0) is 38.1 Å². The highest BCUT2D eigenvalue weighted by atomic mass is 19.1. The van der Waals surface area contributed by atoms with Crippen molar-refractivity contribution in [3.8, 4) is 0 Å². The van der Waals surface area contributed by atoms with E-state index in [1.54, 1.807) is 11.1 Å². The van der Waals surface area contributed by atoms with Gasteiger partial charge in [0.25, 0.3) is 5.56 Å². The van der Waals surface area contributed by atoms with Gasteiger partial charge >= 0.3 is 6.03 Å². The molecule has 0 unspecified atom stereocenters. The standard InChI is InChI=1S/C21H24FN7O2/c1-12(2)27-10-16(11-27)29-19-17(7-23-29)20(30)26-18(25-19)13-8-28(9-13)21(31)24-15-5-3-14(22)4-6-15/h3-7,12-13,16H,8-11H2,1-2H3,(H,24,31)(H,25,26,30). The van der Waals surface area contributed by atoms with Crippen LogP contribution in [0.4, 0.5) is 14.9 Å². The minimum absolute atomic E-state index is 0.0482. The lowest BCUT2D eigenvalue weighted by Gasteiger charge is -2.42. The van der Waals surface area contributed by atoms with Crippen molar-refractivity contribution in [2.24, 2.45) is 0 Å². The maximum atomic E-state index is 13.0. The van der Waals surface area contributed by atoms with Crippen molar-refractivity contribution >= 4 is 22.8 Å². The predicted octanol–water partition coefficient (Wildman–Crippen LogP) is 2.16. The predicted molar refractivity (Wildman–Crippen MR) is 114 cm³/mol. The number of likely N-dealkylation sites (tertiary alicyclic amines) is 2.